The zero-order valence-electron chi connectivity index (χ0n) is 12.8. The third-order valence-electron chi connectivity index (χ3n) is 4.98. The van der Waals surface area contributed by atoms with Crippen LogP contribution >= 0.6 is 0 Å². The normalized spacial score (nSPS) is 45.6. The minimum atomic E-state index is -0.816. The zero-order chi connectivity index (χ0) is 14.5. The van der Waals surface area contributed by atoms with Crippen LogP contribution in [0.4, 0.5) is 0 Å². The van der Waals surface area contributed by atoms with E-state index >= 15 is 0 Å². The average molecular weight is 272 g/mol. The molecule has 2 saturated heterocycles. The van der Waals surface area contributed by atoms with Crippen molar-refractivity contribution in [3.05, 3.63) is 0 Å². The van der Waals surface area contributed by atoms with Crippen molar-refractivity contribution in [3.8, 4) is 0 Å². The van der Waals surface area contributed by atoms with Crippen LogP contribution in [0.2, 0.25) is 0 Å². The summed E-state index contributed by atoms with van der Waals surface area (Å²) in [5.41, 5.74) is -1.63. The Hall–Kier alpha value is -0.160. The molecule has 2 fully saturated rings. The quantitative estimate of drug-likeness (QED) is 0.825. The van der Waals surface area contributed by atoms with Gasteiger partial charge in [0.15, 0.2) is 0 Å². The van der Waals surface area contributed by atoms with Gasteiger partial charge in [-0.2, -0.15) is 0 Å². The van der Waals surface area contributed by atoms with E-state index in [1.165, 1.54) is 0 Å². The second-order valence-electron chi connectivity index (χ2n) is 7.25. The van der Waals surface area contributed by atoms with Crippen molar-refractivity contribution in [2.24, 2.45) is 0 Å². The first-order valence-electron chi connectivity index (χ1n) is 7.33. The van der Waals surface area contributed by atoms with Gasteiger partial charge in [-0.3, -0.25) is 0 Å². The first-order valence-corrected chi connectivity index (χ1v) is 7.33. The van der Waals surface area contributed by atoms with Crippen LogP contribution < -0.4 is 0 Å². The number of ether oxygens (including phenoxy) is 2. The number of hydrogen-bond acceptors (Lipinski definition) is 4. The predicted molar refractivity (Wildman–Crippen MR) is 73.0 cm³/mol. The minimum Gasteiger partial charge on any atom is -0.390 e. The Kier molecular flexibility index (Phi) is 3.76. The van der Waals surface area contributed by atoms with Gasteiger partial charge in [-0.15, -0.1) is 0 Å². The molecule has 112 valence electrons. The van der Waals surface area contributed by atoms with Crippen LogP contribution in [0.5, 0.6) is 0 Å². The average Bonchev–Trinajstić information content (AvgIpc) is 2.83. The zero-order valence-corrected chi connectivity index (χ0v) is 12.8. The molecule has 0 aromatic carbocycles. The molecule has 0 radical (unpaired) electrons. The second kappa shape index (κ2) is 4.69. The largest absolute Gasteiger partial charge is 0.390 e. The lowest BCUT2D eigenvalue weighted by molar-refractivity contribution is -0.188. The van der Waals surface area contributed by atoms with E-state index in [4.69, 9.17) is 9.47 Å². The van der Waals surface area contributed by atoms with Gasteiger partial charge >= 0.3 is 0 Å². The lowest BCUT2D eigenvalue weighted by Crippen LogP contribution is -2.46. The maximum absolute atomic E-state index is 10.1. The van der Waals surface area contributed by atoms with Gasteiger partial charge in [-0.1, -0.05) is 0 Å². The molecule has 0 saturated carbocycles. The summed E-state index contributed by atoms with van der Waals surface area (Å²) in [5.74, 6) is 0. The van der Waals surface area contributed by atoms with Gasteiger partial charge in [0.05, 0.1) is 35.1 Å². The van der Waals surface area contributed by atoms with Crippen LogP contribution in [0.1, 0.15) is 60.3 Å². The standard InChI is InChI=1S/C15H28O4/c1-10(16)14(4)8-7-12(19-14)15(5)9-6-11(18-15)13(2,3)17/h10-12,16-17H,6-9H2,1-5H3/t10-,11+,12-,14-,15-/m0/s1. The van der Waals surface area contributed by atoms with E-state index in [0.717, 1.165) is 25.7 Å². The Morgan fingerprint density at radius 3 is 2.21 bits per heavy atom. The summed E-state index contributed by atoms with van der Waals surface area (Å²) in [6, 6.07) is 0. The molecule has 0 unspecified atom stereocenters. The molecule has 0 aromatic heterocycles. The van der Waals surface area contributed by atoms with Crippen molar-refractivity contribution in [2.45, 2.75) is 95.4 Å². The number of aliphatic hydroxyl groups is 2. The molecule has 0 bridgehead atoms. The lowest BCUT2D eigenvalue weighted by Gasteiger charge is -2.36. The van der Waals surface area contributed by atoms with Gasteiger partial charge in [0.1, 0.15) is 0 Å². The van der Waals surface area contributed by atoms with Crippen LogP contribution in [0, 0.1) is 0 Å². The van der Waals surface area contributed by atoms with Crippen LogP contribution in [-0.4, -0.2) is 45.3 Å². The summed E-state index contributed by atoms with van der Waals surface area (Å²) >= 11 is 0. The molecular formula is C15H28O4. The summed E-state index contributed by atoms with van der Waals surface area (Å²) < 4.78 is 12.2. The Labute approximate surface area is 116 Å². The smallest absolute Gasteiger partial charge is 0.0921 e. The van der Waals surface area contributed by atoms with Gasteiger partial charge in [-0.25, -0.2) is 0 Å². The van der Waals surface area contributed by atoms with Gasteiger partial charge in [0.25, 0.3) is 0 Å². The van der Waals surface area contributed by atoms with E-state index in [-0.39, 0.29) is 17.8 Å². The monoisotopic (exact) mass is 272 g/mol. The van der Waals surface area contributed by atoms with Gasteiger partial charge < -0.3 is 19.7 Å². The van der Waals surface area contributed by atoms with E-state index in [1.54, 1.807) is 20.8 Å². The first-order chi connectivity index (χ1) is 8.57. The Bertz CT molecular complexity index is 336. The van der Waals surface area contributed by atoms with Gasteiger partial charge in [0, 0.05) is 0 Å². The second-order valence-corrected chi connectivity index (χ2v) is 7.25. The molecule has 0 aromatic rings. The highest BCUT2D eigenvalue weighted by atomic mass is 16.6. The topological polar surface area (TPSA) is 58.9 Å². The molecule has 2 rings (SSSR count). The summed E-state index contributed by atoms with van der Waals surface area (Å²) in [7, 11) is 0. The highest BCUT2D eigenvalue weighted by Gasteiger charge is 2.52. The molecule has 0 spiro atoms. The number of aliphatic hydroxyl groups excluding tert-OH is 1. The molecule has 2 aliphatic heterocycles. The summed E-state index contributed by atoms with van der Waals surface area (Å²) in [6.07, 6.45) is 2.87. The Morgan fingerprint density at radius 1 is 1.16 bits per heavy atom. The van der Waals surface area contributed by atoms with E-state index in [0.29, 0.717) is 0 Å². The summed E-state index contributed by atoms with van der Waals surface area (Å²) in [5, 5.41) is 19.9. The number of rotatable bonds is 3. The van der Waals surface area contributed by atoms with Gasteiger partial charge in [0.2, 0.25) is 0 Å². The fourth-order valence-corrected chi connectivity index (χ4v) is 3.19. The van der Waals surface area contributed by atoms with E-state index in [2.05, 4.69) is 6.92 Å². The third-order valence-corrected chi connectivity index (χ3v) is 4.98. The number of hydrogen-bond donors (Lipinski definition) is 2. The van der Waals surface area contributed by atoms with E-state index in [1.807, 2.05) is 6.92 Å². The molecule has 5 atom stereocenters. The van der Waals surface area contributed by atoms with Crippen molar-refractivity contribution in [2.75, 3.05) is 0 Å². The molecule has 19 heavy (non-hydrogen) atoms. The fraction of sp³-hybridized carbons (Fsp3) is 1.00. The summed E-state index contributed by atoms with van der Waals surface area (Å²) in [6.45, 7) is 9.39. The molecule has 0 aliphatic carbocycles. The molecule has 2 aliphatic rings. The summed E-state index contributed by atoms with van der Waals surface area (Å²) in [4.78, 5) is 0. The van der Waals surface area contributed by atoms with Gasteiger partial charge in [-0.05, 0) is 60.3 Å². The van der Waals surface area contributed by atoms with Crippen LogP contribution in [-0.2, 0) is 9.47 Å². The van der Waals surface area contributed by atoms with Crippen molar-refractivity contribution < 1.29 is 19.7 Å². The molecular weight excluding hydrogens is 244 g/mol. The van der Waals surface area contributed by atoms with E-state index < -0.39 is 17.3 Å². The molecule has 0 amide bonds. The SMILES string of the molecule is C[C@H](O)[C@]1(C)CC[C@@H]([C@]2(C)CC[C@H](C(C)(C)O)O2)O1. The Balaban J connectivity index is 2.04. The molecule has 2 N–H and O–H groups in total. The Morgan fingerprint density at radius 2 is 1.79 bits per heavy atom. The van der Waals surface area contributed by atoms with Crippen LogP contribution in [0.3, 0.4) is 0 Å². The lowest BCUT2D eigenvalue weighted by atomic mass is 9.90. The van der Waals surface area contributed by atoms with Crippen LogP contribution in [0.25, 0.3) is 0 Å². The highest BCUT2D eigenvalue weighted by molar-refractivity contribution is 5.01. The molecule has 2 heterocycles. The highest BCUT2D eigenvalue weighted by Crippen LogP contribution is 2.45. The fourth-order valence-electron chi connectivity index (χ4n) is 3.19. The van der Waals surface area contributed by atoms with Crippen molar-refractivity contribution in [3.63, 3.8) is 0 Å². The molecule has 4 nitrogen and oxygen atoms in total. The van der Waals surface area contributed by atoms with Crippen LogP contribution in [0.15, 0.2) is 0 Å². The van der Waals surface area contributed by atoms with Crippen molar-refractivity contribution in [1.82, 2.24) is 0 Å². The molecule has 4 heteroatoms. The predicted octanol–water partition coefficient (Wildman–Crippen LogP) is 2.01. The minimum absolute atomic E-state index is 0.000509. The van der Waals surface area contributed by atoms with E-state index in [9.17, 15) is 10.2 Å². The first kappa shape index (κ1) is 15.2. The maximum Gasteiger partial charge on any atom is 0.0921 e. The van der Waals surface area contributed by atoms with Crippen molar-refractivity contribution >= 4 is 0 Å². The van der Waals surface area contributed by atoms with Crippen molar-refractivity contribution in [1.29, 1.82) is 0 Å². The third kappa shape index (κ3) is 2.82. The maximum atomic E-state index is 10.1.